The van der Waals surface area contributed by atoms with Crippen molar-refractivity contribution in [2.45, 2.75) is 58.1 Å². The second-order valence-electron chi connectivity index (χ2n) is 4.81. The molecule has 2 nitrogen and oxygen atoms in total. The zero-order valence-corrected chi connectivity index (χ0v) is 9.87. The number of rotatable bonds is 5. The Bertz CT molecular complexity index is 154. The third-order valence-electron chi connectivity index (χ3n) is 3.76. The monoisotopic (exact) mass is 199 g/mol. The molecule has 1 fully saturated rings. The maximum atomic E-state index is 10.0. The van der Waals surface area contributed by atoms with Gasteiger partial charge in [-0.3, -0.25) is 0 Å². The molecule has 1 aliphatic rings. The van der Waals surface area contributed by atoms with Gasteiger partial charge >= 0.3 is 0 Å². The van der Waals surface area contributed by atoms with Crippen molar-refractivity contribution in [1.82, 2.24) is 4.90 Å². The summed E-state index contributed by atoms with van der Waals surface area (Å²) in [4.78, 5) is 2.28. The van der Waals surface area contributed by atoms with Gasteiger partial charge in [-0.2, -0.15) is 0 Å². The molecular weight excluding hydrogens is 174 g/mol. The molecule has 1 saturated carbocycles. The molecule has 14 heavy (non-hydrogen) atoms. The fourth-order valence-corrected chi connectivity index (χ4v) is 2.28. The van der Waals surface area contributed by atoms with Crippen LogP contribution in [0.4, 0.5) is 0 Å². The van der Waals surface area contributed by atoms with Crippen molar-refractivity contribution in [3.05, 3.63) is 0 Å². The van der Waals surface area contributed by atoms with E-state index in [4.69, 9.17) is 0 Å². The highest BCUT2D eigenvalue weighted by Gasteiger charge is 2.24. The van der Waals surface area contributed by atoms with E-state index in [1.807, 2.05) is 0 Å². The van der Waals surface area contributed by atoms with E-state index in [0.717, 1.165) is 13.0 Å². The summed E-state index contributed by atoms with van der Waals surface area (Å²) in [7, 11) is 2.12. The fraction of sp³-hybridized carbons (Fsp3) is 1.00. The van der Waals surface area contributed by atoms with E-state index in [-0.39, 0.29) is 6.10 Å². The first-order chi connectivity index (χ1) is 6.65. The molecule has 2 heteroatoms. The van der Waals surface area contributed by atoms with E-state index in [9.17, 15) is 5.11 Å². The average molecular weight is 199 g/mol. The van der Waals surface area contributed by atoms with Crippen LogP contribution in [0.2, 0.25) is 0 Å². The summed E-state index contributed by atoms with van der Waals surface area (Å²) in [5.74, 6) is 0.571. The van der Waals surface area contributed by atoms with Crippen LogP contribution >= 0.6 is 0 Å². The molecule has 1 aliphatic carbocycles. The second-order valence-corrected chi connectivity index (χ2v) is 4.81. The molecule has 2 unspecified atom stereocenters. The van der Waals surface area contributed by atoms with Gasteiger partial charge < -0.3 is 10.0 Å². The summed E-state index contributed by atoms with van der Waals surface area (Å²) in [6.45, 7) is 5.27. The van der Waals surface area contributed by atoms with Gasteiger partial charge in [0.05, 0.1) is 6.10 Å². The lowest BCUT2D eigenvalue weighted by atomic mass is 10.00. The van der Waals surface area contributed by atoms with E-state index in [1.165, 1.54) is 25.7 Å². The number of hydrogen-bond donors (Lipinski definition) is 1. The van der Waals surface area contributed by atoms with Gasteiger partial charge in [-0.15, -0.1) is 0 Å². The largest absolute Gasteiger partial charge is 0.392 e. The summed E-state index contributed by atoms with van der Waals surface area (Å²) in [6.07, 6.45) is 6.15. The molecule has 1 rings (SSSR count). The van der Waals surface area contributed by atoms with Crippen LogP contribution in [0.25, 0.3) is 0 Å². The fourth-order valence-electron chi connectivity index (χ4n) is 2.28. The van der Waals surface area contributed by atoms with Gasteiger partial charge in [0.15, 0.2) is 0 Å². The lowest BCUT2D eigenvalue weighted by molar-refractivity contribution is 0.0621. The van der Waals surface area contributed by atoms with E-state index in [0.29, 0.717) is 12.0 Å². The Morgan fingerprint density at radius 2 is 1.93 bits per heavy atom. The number of aliphatic hydroxyl groups excluding tert-OH is 1. The zero-order chi connectivity index (χ0) is 10.6. The normalized spacial score (nSPS) is 22.9. The Morgan fingerprint density at radius 3 is 2.43 bits per heavy atom. The highest BCUT2D eigenvalue weighted by atomic mass is 16.3. The van der Waals surface area contributed by atoms with Crippen molar-refractivity contribution >= 4 is 0 Å². The Hall–Kier alpha value is -0.0800. The lowest BCUT2D eigenvalue weighted by Crippen LogP contribution is -2.38. The minimum Gasteiger partial charge on any atom is -0.392 e. The smallest absolute Gasteiger partial charge is 0.0695 e. The van der Waals surface area contributed by atoms with Crippen LogP contribution in [-0.4, -0.2) is 35.7 Å². The van der Waals surface area contributed by atoms with Crippen LogP contribution in [0.1, 0.15) is 46.0 Å². The highest BCUT2D eigenvalue weighted by Crippen LogP contribution is 2.28. The number of nitrogens with zero attached hydrogens (tertiary/aromatic N) is 1. The van der Waals surface area contributed by atoms with Gasteiger partial charge in [0, 0.05) is 12.6 Å². The van der Waals surface area contributed by atoms with Crippen molar-refractivity contribution < 1.29 is 5.11 Å². The molecule has 84 valence electrons. The van der Waals surface area contributed by atoms with Gasteiger partial charge in [-0.05, 0) is 39.2 Å². The summed E-state index contributed by atoms with van der Waals surface area (Å²) in [6, 6.07) is 0.589. The summed E-state index contributed by atoms with van der Waals surface area (Å²) >= 11 is 0. The van der Waals surface area contributed by atoms with E-state index < -0.39 is 0 Å². The molecule has 0 amide bonds. The molecule has 0 aromatic heterocycles. The van der Waals surface area contributed by atoms with Gasteiger partial charge in [-0.25, -0.2) is 0 Å². The zero-order valence-electron chi connectivity index (χ0n) is 9.87. The molecule has 0 aromatic rings. The molecule has 0 saturated heterocycles. The minimum atomic E-state index is -0.100. The third kappa shape index (κ3) is 3.25. The van der Waals surface area contributed by atoms with Crippen LogP contribution in [-0.2, 0) is 0 Å². The van der Waals surface area contributed by atoms with Gasteiger partial charge in [0.25, 0.3) is 0 Å². The first kappa shape index (κ1) is 12.0. The van der Waals surface area contributed by atoms with Crippen molar-refractivity contribution in [3.63, 3.8) is 0 Å². The summed E-state index contributed by atoms with van der Waals surface area (Å²) < 4.78 is 0. The quantitative estimate of drug-likeness (QED) is 0.734. The maximum absolute atomic E-state index is 10.0. The third-order valence-corrected chi connectivity index (χ3v) is 3.76. The van der Waals surface area contributed by atoms with Crippen molar-refractivity contribution in [1.29, 1.82) is 0 Å². The van der Waals surface area contributed by atoms with Crippen molar-refractivity contribution in [2.24, 2.45) is 5.92 Å². The molecule has 0 bridgehead atoms. The SMILES string of the molecule is CCC(C)N(C)CC(O)C1CCCC1. The maximum Gasteiger partial charge on any atom is 0.0695 e. The predicted molar refractivity (Wildman–Crippen MR) is 60.3 cm³/mol. The first-order valence-corrected chi connectivity index (χ1v) is 6.03. The van der Waals surface area contributed by atoms with Crippen LogP contribution in [0.15, 0.2) is 0 Å². The Morgan fingerprint density at radius 1 is 1.36 bits per heavy atom. The summed E-state index contributed by atoms with van der Waals surface area (Å²) in [5, 5.41) is 10.0. The van der Waals surface area contributed by atoms with E-state index in [1.54, 1.807) is 0 Å². The van der Waals surface area contributed by atoms with Crippen LogP contribution in [0.5, 0.6) is 0 Å². The van der Waals surface area contributed by atoms with Crippen LogP contribution in [0, 0.1) is 5.92 Å². The number of hydrogen-bond acceptors (Lipinski definition) is 2. The van der Waals surface area contributed by atoms with Gasteiger partial charge in [-0.1, -0.05) is 19.8 Å². The molecule has 2 atom stereocenters. The standard InChI is InChI=1S/C12H25NO/c1-4-10(2)13(3)9-12(14)11-7-5-6-8-11/h10-12,14H,4-9H2,1-3H3. The first-order valence-electron chi connectivity index (χ1n) is 6.03. The average Bonchev–Trinajstić information content (AvgIpc) is 2.69. The van der Waals surface area contributed by atoms with Crippen LogP contribution in [0.3, 0.4) is 0 Å². The Labute approximate surface area is 88.3 Å². The Kier molecular flexibility index (Phi) is 4.90. The molecule has 0 aliphatic heterocycles. The molecule has 0 heterocycles. The Balaban J connectivity index is 2.27. The van der Waals surface area contributed by atoms with Crippen molar-refractivity contribution in [2.75, 3.05) is 13.6 Å². The molecule has 1 N–H and O–H groups in total. The van der Waals surface area contributed by atoms with Gasteiger partial charge in [0.1, 0.15) is 0 Å². The summed E-state index contributed by atoms with van der Waals surface area (Å²) in [5.41, 5.74) is 0. The van der Waals surface area contributed by atoms with Crippen molar-refractivity contribution in [3.8, 4) is 0 Å². The lowest BCUT2D eigenvalue weighted by Gasteiger charge is -2.28. The molecular formula is C12H25NO. The van der Waals surface area contributed by atoms with E-state index in [2.05, 4.69) is 25.8 Å². The van der Waals surface area contributed by atoms with Crippen LogP contribution < -0.4 is 0 Å². The minimum absolute atomic E-state index is 0.100. The number of likely N-dealkylation sites (N-methyl/N-ethyl adjacent to an activating group) is 1. The predicted octanol–water partition coefficient (Wildman–Crippen LogP) is 2.27. The number of aliphatic hydroxyl groups is 1. The topological polar surface area (TPSA) is 23.5 Å². The van der Waals surface area contributed by atoms with Gasteiger partial charge in [0.2, 0.25) is 0 Å². The molecule has 0 spiro atoms. The highest BCUT2D eigenvalue weighted by molar-refractivity contribution is 4.77. The van der Waals surface area contributed by atoms with E-state index >= 15 is 0 Å². The molecule has 0 aromatic carbocycles. The second kappa shape index (κ2) is 5.72. The molecule has 0 radical (unpaired) electrons.